The van der Waals surface area contributed by atoms with Gasteiger partial charge in [0.1, 0.15) is 0 Å². The molecular formula is C14H25F3IN3O2S. The number of hydrogen-bond acceptors (Lipinski definition) is 3. The molecule has 10 heteroatoms. The molecule has 3 unspecified atom stereocenters. The smallest absolute Gasteiger partial charge is 0.356 e. The van der Waals surface area contributed by atoms with Gasteiger partial charge in [-0.1, -0.05) is 6.42 Å². The van der Waals surface area contributed by atoms with Gasteiger partial charge < -0.3 is 10.6 Å². The Morgan fingerprint density at radius 1 is 1.25 bits per heavy atom. The van der Waals surface area contributed by atoms with E-state index in [2.05, 4.69) is 15.6 Å². The van der Waals surface area contributed by atoms with Gasteiger partial charge in [-0.15, -0.1) is 24.0 Å². The van der Waals surface area contributed by atoms with Crippen LogP contribution in [0.2, 0.25) is 0 Å². The predicted molar refractivity (Wildman–Crippen MR) is 98.5 cm³/mol. The topological polar surface area (TPSA) is 70.6 Å². The zero-order valence-corrected chi connectivity index (χ0v) is 16.7. The number of guanidine groups is 1. The Balaban J connectivity index is 0.00000288. The zero-order chi connectivity index (χ0) is 17.1. The standard InChI is InChI=1S/C14H24F3N3O2S.HI/c1-18-13(19-8-10-5-6-23(21,22)9-10)20-12-4-2-3-11(7-12)14(15,16)17;/h10-12H,2-9H2,1H3,(H2,18,19,20);1H. The summed E-state index contributed by atoms with van der Waals surface area (Å²) in [7, 11) is -1.37. The molecule has 0 radical (unpaired) electrons. The van der Waals surface area contributed by atoms with Gasteiger partial charge in [-0.3, -0.25) is 4.99 Å². The normalized spacial score (nSPS) is 30.5. The maximum absolute atomic E-state index is 12.8. The molecule has 2 fully saturated rings. The molecule has 24 heavy (non-hydrogen) atoms. The van der Waals surface area contributed by atoms with Gasteiger partial charge in [0.05, 0.1) is 17.4 Å². The van der Waals surface area contributed by atoms with E-state index in [1.807, 2.05) is 0 Å². The Morgan fingerprint density at radius 3 is 2.50 bits per heavy atom. The van der Waals surface area contributed by atoms with E-state index >= 15 is 0 Å². The highest BCUT2D eigenvalue weighted by molar-refractivity contribution is 14.0. The molecule has 5 nitrogen and oxygen atoms in total. The van der Waals surface area contributed by atoms with Crippen LogP contribution in [0.25, 0.3) is 0 Å². The molecule has 0 aromatic rings. The minimum Gasteiger partial charge on any atom is -0.356 e. The van der Waals surface area contributed by atoms with Gasteiger partial charge in [-0.25, -0.2) is 8.42 Å². The van der Waals surface area contributed by atoms with Gasteiger partial charge in [0.15, 0.2) is 15.8 Å². The average molecular weight is 483 g/mol. The van der Waals surface area contributed by atoms with Crippen LogP contribution < -0.4 is 10.6 Å². The lowest BCUT2D eigenvalue weighted by atomic mass is 9.85. The highest BCUT2D eigenvalue weighted by atomic mass is 127. The van der Waals surface area contributed by atoms with Crippen LogP contribution in [0.5, 0.6) is 0 Å². The summed E-state index contributed by atoms with van der Waals surface area (Å²) in [6.45, 7) is 0.467. The Hall–Kier alpha value is -0.260. The SMILES string of the molecule is CN=C(NCC1CCS(=O)(=O)C1)NC1CCCC(C(F)(F)F)C1.I. The lowest BCUT2D eigenvalue weighted by Crippen LogP contribution is -2.47. The second kappa shape index (κ2) is 8.91. The quantitative estimate of drug-likeness (QED) is 0.368. The third-order valence-electron chi connectivity index (χ3n) is 4.59. The molecule has 0 amide bonds. The number of alkyl halides is 3. The summed E-state index contributed by atoms with van der Waals surface area (Å²) in [5, 5.41) is 6.09. The van der Waals surface area contributed by atoms with E-state index in [1.165, 1.54) is 0 Å². The molecule has 1 saturated carbocycles. The first-order valence-corrected chi connectivity index (χ1v) is 9.76. The largest absolute Gasteiger partial charge is 0.391 e. The van der Waals surface area contributed by atoms with Crippen LogP contribution in [0.15, 0.2) is 4.99 Å². The van der Waals surface area contributed by atoms with Crippen molar-refractivity contribution in [1.82, 2.24) is 10.6 Å². The average Bonchev–Trinajstić information content (AvgIpc) is 2.82. The first kappa shape index (κ1) is 21.8. The second-order valence-electron chi connectivity index (χ2n) is 6.47. The Labute approximate surface area is 158 Å². The molecule has 0 spiro atoms. The van der Waals surface area contributed by atoms with Crippen LogP contribution >= 0.6 is 24.0 Å². The van der Waals surface area contributed by atoms with Gasteiger partial charge in [0, 0.05) is 19.6 Å². The number of nitrogens with one attached hydrogen (secondary N) is 2. The number of aliphatic imine (C=N–C) groups is 1. The second-order valence-corrected chi connectivity index (χ2v) is 8.70. The summed E-state index contributed by atoms with van der Waals surface area (Å²) in [5.74, 6) is -0.403. The first-order chi connectivity index (χ1) is 10.7. The maximum Gasteiger partial charge on any atom is 0.391 e. The van der Waals surface area contributed by atoms with Gasteiger partial charge >= 0.3 is 6.18 Å². The van der Waals surface area contributed by atoms with Crippen molar-refractivity contribution in [2.75, 3.05) is 25.1 Å². The van der Waals surface area contributed by atoms with Crippen LogP contribution in [0.4, 0.5) is 13.2 Å². The molecule has 0 aromatic carbocycles. The highest BCUT2D eigenvalue weighted by Crippen LogP contribution is 2.37. The first-order valence-electron chi connectivity index (χ1n) is 7.94. The van der Waals surface area contributed by atoms with Crippen molar-refractivity contribution in [1.29, 1.82) is 0 Å². The van der Waals surface area contributed by atoms with Crippen LogP contribution in [-0.2, 0) is 9.84 Å². The molecule has 0 aromatic heterocycles. The van der Waals surface area contributed by atoms with Crippen molar-refractivity contribution in [2.45, 2.75) is 44.3 Å². The lowest BCUT2D eigenvalue weighted by Gasteiger charge is -2.32. The van der Waals surface area contributed by atoms with Crippen molar-refractivity contribution < 1.29 is 21.6 Å². The highest BCUT2D eigenvalue weighted by Gasteiger charge is 2.42. The van der Waals surface area contributed by atoms with Crippen molar-refractivity contribution >= 4 is 39.8 Å². The minimum absolute atomic E-state index is 0. The molecule has 2 N–H and O–H groups in total. The molecule has 1 aliphatic carbocycles. The molecule has 1 aliphatic heterocycles. The zero-order valence-electron chi connectivity index (χ0n) is 13.6. The molecule has 2 rings (SSSR count). The monoisotopic (exact) mass is 483 g/mol. The lowest BCUT2D eigenvalue weighted by molar-refractivity contribution is -0.183. The summed E-state index contributed by atoms with van der Waals surface area (Å²) in [5.41, 5.74) is 0. The summed E-state index contributed by atoms with van der Waals surface area (Å²) in [6, 6.07) is -0.256. The van der Waals surface area contributed by atoms with Gasteiger partial charge in [0.25, 0.3) is 0 Å². The van der Waals surface area contributed by atoms with Gasteiger partial charge in [-0.2, -0.15) is 13.2 Å². The molecule has 1 heterocycles. The van der Waals surface area contributed by atoms with Crippen molar-refractivity contribution in [3.63, 3.8) is 0 Å². The van der Waals surface area contributed by atoms with Crippen LogP contribution in [-0.4, -0.2) is 51.7 Å². The van der Waals surface area contributed by atoms with Crippen LogP contribution in [0, 0.1) is 11.8 Å². The van der Waals surface area contributed by atoms with Crippen molar-refractivity contribution in [3.8, 4) is 0 Å². The fourth-order valence-electron chi connectivity index (χ4n) is 3.28. The maximum atomic E-state index is 12.8. The van der Waals surface area contributed by atoms with E-state index in [4.69, 9.17) is 0 Å². The van der Waals surface area contributed by atoms with E-state index < -0.39 is 21.9 Å². The van der Waals surface area contributed by atoms with Crippen molar-refractivity contribution in [2.24, 2.45) is 16.8 Å². The van der Waals surface area contributed by atoms with Crippen LogP contribution in [0.3, 0.4) is 0 Å². The van der Waals surface area contributed by atoms with Crippen LogP contribution in [0.1, 0.15) is 32.1 Å². The van der Waals surface area contributed by atoms with E-state index in [0.717, 1.165) is 0 Å². The van der Waals surface area contributed by atoms with E-state index in [0.29, 0.717) is 31.8 Å². The third-order valence-corrected chi connectivity index (χ3v) is 6.42. The Bertz CT molecular complexity index is 540. The number of sulfone groups is 1. The number of halogens is 4. The summed E-state index contributed by atoms with van der Waals surface area (Å²) in [4.78, 5) is 4.03. The summed E-state index contributed by atoms with van der Waals surface area (Å²) < 4.78 is 61.3. The third kappa shape index (κ3) is 6.57. The Morgan fingerprint density at radius 2 is 1.96 bits per heavy atom. The van der Waals surface area contributed by atoms with E-state index in [9.17, 15) is 21.6 Å². The number of rotatable bonds is 3. The minimum atomic E-state index is -4.14. The summed E-state index contributed by atoms with van der Waals surface area (Å²) >= 11 is 0. The predicted octanol–water partition coefficient (Wildman–Crippen LogP) is 2.33. The van der Waals surface area contributed by atoms with E-state index in [1.54, 1.807) is 7.05 Å². The van der Waals surface area contributed by atoms with E-state index in [-0.39, 0.29) is 60.3 Å². The van der Waals surface area contributed by atoms with Gasteiger partial charge in [-0.05, 0) is 31.6 Å². The van der Waals surface area contributed by atoms with Gasteiger partial charge in [0.2, 0.25) is 0 Å². The molecule has 2 aliphatic rings. The number of hydrogen-bond donors (Lipinski definition) is 2. The summed E-state index contributed by atoms with van der Waals surface area (Å²) in [6.07, 6.45) is -2.05. The molecular weight excluding hydrogens is 458 g/mol. The molecule has 0 bridgehead atoms. The molecule has 142 valence electrons. The molecule has 3 atom stereocenters. The fourth-order valence-corrected chi connectivity index (χ4v) is 5.14. The number of nitrogens with zero attached hydrogens (tertiary/aromatic N) is 1. The fraction of sp³-hybridized carbons (Fsp3) is 0.929. The van der Waals surface area contributed by atoms with Crippen molar-refractivity contribution in [3.05, 3.63) is 0 Å². The molecule has 1 saturated heterocycles. The Kier molecular flexibility index (Phi) is 8.08.